The fourth-order valence-corrected chi connectivity index (χ4v) is 1.99. The Morgan fingerprint density at radius 3 is 2.58 bits per heavy atom. The number of nitro benzene ring substituents is 1. The Morgan fingerprint density at radius 1 is 1.21 bits per heavy atom. The second kappa shape index (κ2) is 5.50. The first-order valence-corrected chi connectivity index (χ1v) is 6.10. The van der Waals surface area contributed by atoms with Crippen LogP contribution >= 0.6 is 15.9 Å². The fraction of sp³-hybridized carbons (Fsp3) is 0. The van der Waals surface area contributed by atoms with Gasteiger partial charge in [0.2, 0.25) is 0 Å². The lowest BCUT2D eigenvalue weighted by Crippen LogP contribution is -1.95. The van der Waals surface area contributed by atoms with E-state index in [-0.39, 0.29) is 11.3 Å². The van der Waals surface area contributed by atoms with Gasteiger partial charge in [-0.1, -0.05) is 22.0 Å². The molecule has 0 amide bonds. The molecule has 0 fully saturated rings. The van der Waals surface area contributed by atoms with Gasteiger partial charge >= 0.3 is 0 Å². The normalized spacial score (nSPS) is 9.68. The van der Waals surface area contributed by atoms with Gasteiger partial charge in [0.15, 0.2) is 0 Å². The van der Waals surface area contributed by atoms with Crippen LogP contribution in [0, 0.1) is 21.4 Å². The van der Waals surface area contributed by atoms with Gasteiger partial charge in [-0.25, -0.2) is 0 Å². The molecule has 0 spiro atoms. The number of anilines is 2. The van der Waals surface area contributed by atoms with Crippen molar-refractivity contribution in [3.8, 4) is 6.07 Å². The number of rotatable bonds is 3. The second-order valence-electron chi connectivity index (χ2n) is 3.74. The van der Waals surface area contributed by atoms with Crippen molar-refractivity contribution in [2.24, 2.45) is 0 Å². The average Bonchev–Trinajstić information content (AvgIpc) is 2.38. The summed E-state index contributed by atoms with van der Waals surface area (Å²) in [6.07, 6.45) is 0. The van der Waals surface area contributed by atoms with Crippen molar-refractivity contribution in [1.29, 1.82) is 5.26 Å². The predicted octanol–water partition coefficient (Wildman–Crippen LogP) is 3.97. The van der Waals surface area contributed by atoms with Gasteiger partial charge in [0, 0.05) is 21.9 Å². The third-order valence-corrected chi connectivity index (χ3v) is 2.92. The molecule has 0 aromatic heterocycles. The quantitative estimate of drug-likeness (QED) is 0.686. The minimum atomic E-state index is -0.565. The van der Waals surface area contributed by atoms with E-state index in [4.69, 9.17) is 5.26 Å². The summed E-state index contributed by atoms with van der Waals surface area (Å²) in [7, 11) is 0. The molecule has 2 aromatic carbocycles. The van der Waals surface area contributed by atoms with Gasteiger partial charge in [0.05, 0.1) is 4.92 Å². The van der Waals surface area contributed by atoms with E-state index in [2.05, 4.69) is 21.2 Å². The highest BCUT2D eigenvalue weighted by atomic mass is 79.9. The van der Waals surface area contributed by atoms with Gasteiger partial charge in [-0.15, -0.1) is 0 Å². The topological polar surface area (TPSA) is 79.0 Å². The molecule has 0 unspecified atom stereocenters. The van der Waals surface area contributed by atoms with Crippen LogP contribution in [0.25, 0.3) is 0 Å². The first kappa shape index (κ1) is 13.1. The summed E-state index contributed by atoms with van der Waals surface area (Å²) in [4.78, 5) is 10.3. The van der Waals surface area contributed by atoms with E-state index in [9.17, 15) is 10.1 Å². The maximum absolute atomic E-state index is 10.9. The number of nitrogens with zero attached hydrogens (tertiary/aromatic N) is 2. The number of halogens is 1. The first-order valence-electron chi connectivity index (χ1n) is 5.31. The summed E-state index contributed by atoms with van der Waals surface area (Å²) >= 11 is 3.34. The highest BCUT2D eigenvalue weighted by molar-refractivity contribution is 9.10. The predicted molar refractivity (Wildman–Crippen MR) is 75.2 cm³/mol. The number of benzene rings is 2. The summed E-state index contributed by atoms with van der Waals surface area (Å²) in [6, 6.07) is 13.6. The van der Waals surface area contributed by atoms with Crippen LogP contribution in [0.15, 0.2) is 46.9 Å². The lowest BCUT2D eigenvalue weighted by Gasteiger charge is -2.07. The molecule has 0 aliphatic heterocycles. The molecule has 0 aliphatic carbocycles. The maximum atomic E-state index is 10.9. The molecule has 0 heterocycles. The van der Waals surface area contributed by atoms with Gasteiger partial charge in [-0.2, -0.15) is 5.26 Å². The minimum absolute atomic E-state index is 0.0461. The zero-order valence-corrected chi connectivity index (χ0v) is 11.2. The highest BCUT2D eigenvalue weighted by Gasteiger charge is 2.14. The summed E-state index contributed by atoms with van der Waals surface area (Å²) in [5, 5.41) is 22.7. The number of nitriles is 1. The lowest BCUT2D eigenvalue weighted by molar-refractivity contribution is -0.385. The smallest absolute Gasteiger partial charge is 0.289 e. The van der Waals surface area contributed by atoms with Crippen molar-refractivity contribution in [1.82, 2.24) is 0 Å². The van der Waals surface area contributed by atoms with Crippen LogP contribution in [0.2, 0.25) is 0 Å². The molecule has 2 rings (SSSR count). The van der Waals surface area contributed by atoms with E-state index in [1.807, 2.05) is 24.3 Å². The molecule has 5 nitrogen and oxygen atoms in total. The molecule has 0 bridgehead atoms. The van der Waals surface area contributed by atoms with Gasteiger partial charge in [0.1, 0.15) is 11.6 Å². The standard InChI is InChI=1S/C13H8BrN3O2/c14-10-2-1-3-11(6-10)16-12-5-4-9(8-15)13(7-12)17(18)19/h1-7,16H. The minimum Gasteiger partial charge on any atom is -0.355 e. The third-order valence-electron chi connectivity index (χ3n) is 2.43. The number of hydrogen-bond acceptors (Lipinski definition) is 4. The first-order chi connectivity index (χ1) is 9.10. The Bertz CT molecular complexity index is 680. The van der Waals surface area contributed by atoms with Gasteiger partial charge in [-0.3, -0.25) is 10.1 Å². The molecule has 1 N–H and O–H groups in total. The Morgan fingerprint density at radius 2 is 1.95 bits per heavy atom. The maximum Gasteiger partial charge on any atom is 0.289 e. The van der Waals surface area contributed by atoms with Crippen molar-refractivity contribution in [3.05, 3.63) is 62.6 Å². The van der Waals surface area contributed by atoms with Gasteiger partial charge in [0.25, 0.3) is 5.69 Å². The van der Waals surface area contributed by atoms with Crippen LogP contribution in [-0.4, -0.2) is 4.92 Å². The SMILES string of the molecule is N#Cc1ccc(Nc2cccc(Br)c2)cc1[N+](=O)[O-]. The molecule has 2 aromatic rings. The van der Waals surface area contributed by atoms with E-state index < -0.39 is 4.92 Å². The number of hydrogen-bond donors (Lipinski definition) is 1. The number of nitro groups is 1. The Hall–Kier alpha value is -2.39. The Kier molecular flexibility index (Phi) is 3.78. The molecule has 94 valence electrons. The summed E-state index contributed by atoms with van der Waals surface area (Å²) < 4.78 is 0.903. The van der Waals surface area contributed by atoms with Crippen LogP contribution in [-0.2, 0) is 0 Å². The van der Waals surface area contributed by atoms with Gasteiger partial charge < -0.3 is 5.32 Å². The lowest BCUT2D eigenvalue weighted by atomic mass is 10.1. The molecule has 0 saturated heterocycles. The van der Waals surface area contributed by atoms with Crippen molar-refractivity contribution in [2.75, 3.05) is 5.32 Å². The molecule has 0 radical (unpaired) electrons. The molecular formula is C13H8BrN3O2. The zero-order chi connectivity index (χ0) is 13.8. The fourth-order valence-electron chi connectivity index (χ4n) is 1.59. The molecule has 0 saturated carbocycles. The third kappa shape index (κ3) is 3.09. The van der Waals surface area contributed by atoms with Crippen LogP contribution in [0.1, 0.15) is 5.56 Å². The van der Waals surface area contributed by atoms with Crippen LogP contribution in [0.3, 0.4) is 0 Å². The Labute approximate surface area is 117 Å². The van der Waals surface area contributed by atoms with Crippen molar-refractivity contribution in [2.45, 2.75) is 0 Å². The molecule has 0 atom stereocenters. The monoisotopic (exact) mass is 317 g/mol. The van der Waals surface area contributed by atoms with E-state index >= 15 is 0 Å². The zero-order valence-electron chi connectivity index (χ0n) is 9.63. The van der Waals surface area contributed by atoms with E-state index in [0.717, 1.165) is 10.2 Å². The van der Waals surface area contributed by atoms with Crippen LogP contribution in [0.5, 0.6) is 0 Å². The number of nitrogens with one attached hydrogen (secondary N) is 1. The van der Waals surface area contributed by atoms with E-state index in [0.29, 0.717) is 5.69 Å². The van der Waals surface area contributed by atoms with Crippen molar-refractivity contribution in [3.63, 3.8) is 0 Å². The summed E-state index contributed by atoms with van der Waals surface area (Å²) in [5.74, 6) is 0. The average molecular weight is 318 g/mol. The van der Waals surface area contributed by atoms with Crippen molar-refractivity contribution >= 4 is 33.0 Å². The summed E-state index contributed by atoms with van der Waals surface area (Å²) in [5.41, 5.74) is 1.20. The van der Waals surface area contributed by atoms with Gasteiger partial charge in [-0.05, 0) is 30.3 Å². The van der Waals surface area contributed by atoms with Crippen LogP contribution < -0.4 is 5.32 Å². The second-order valence-corrected chi connectivity index (χ2v) is 4.65. The summed E-state index contributed by atoms with van der Waals surface area (Å²) in [6.45, 7) is 0. The highest BCUT2D eigenvalue weighted by Crippen LogP contribution is 2.26. The molecule has 6 heteroatoms. The van der Waals surface area contributed by atoms with Crippen molar-refractivity contribution < 1.29 is 4.92 Å². The van der Waals surface area contributed by atoms with E-state index in [1.54, 1.807) is 12.1 Å². The molecular weight excluding hydrogens is 310 g/mol. The molecule has 19 heavy (non-hydrogen) atoms. The van der Waals surface area contributed by atoms with E-state index in [1.165, 1.54) is 12.1 Å². The largest absolute Gasteiger partial charge is 0.355 e. The molecule has 0 aliphatic rings. The van der Waals surface area contributed by atoms with Crippen LogP contribution in [0.4, 0.5) is 17.1 Å². The Balaban J connectivity index is 2.34.